The van der Waals surface area contributed by atoms with Crippen molar-refractivity contribution in [2.24, 2.45) is 0 Å². The summed E-state index contributed by atoms with van der Waals surface area (Å²) in [7, 11) is 3.04. The van der Waals surface area contributed by atoms with Gasteiger partial charge in [-0.1, -0.05) is 0 Å². The first-order chi connectivity index (χ1) is 12.6. The molecule has 9 nitrogen and oxygen atoms in total. The number of nitrogen functional groups attached to an aromatic ring is 1. The normalized spacial score (nSPS) is 14.9. The van der Waals surface area contributed by atoms with Gasteiger partial charge in [0.25, 0.3) is 0 Å². The van der Waals surface area contributed by atoms with Gasteiger partial charge < -0.3 is 24.7 Å². The topological polar surface area (TPSA) is 105 Å². The van der Waals surface area contributed by atoms with Crippen molar-refractivity contribution in [3.63, 3.8) is 0 Å². The molecular formula is C16H20ClN5O4. The number of rotatable bonds is 6. The maximum atomic E-state index is 6.22. The summed E-state index contributed by atoms with van der Waals surface area (Å²) in [6.07, 6.45) is 1.30. The van der Waals surface area contributed by atoms with Crippen molar-refractivity contribution in [1.82, 2.24) is 19.9 Å². The van der Waals surface area contributed by atoms with Crippen LogP contribution in [-0.2, 0) is 4.74 Å². The Labute approximate surface area is 156 Å². The van der Waals surface area contributed by atoms with Crippen LogP contribution >= 0.6 is 11.6 Å². The first kappa shape index (κ1) is 18.4. The van der Waals surface area contributed by atoms with Gasteiger partial charge in [-0.15, -0.1) is 0 Å². The lowest BCUT2D eigenvalue weighted by Gasteiger charge is -2.27. The predicted molar refractivity (Wildman–Crippen MR) is 95.7 cm³/mol. The SMILES string of the molecule is COc1c(OCN2CCOCC2)cc(N)c(-c2ncnc(Cl)n2)c1OC. The number of hydrogen-bond acceptors (Lipinski definition) is 9. The predicted octanol–water partition coefficient (Wildman–Crippen LogP) is 1.46. The highest BCUT2D eigenvalue weighted by atomic mass is 35.5. The molecule has 2 N–H and O–H groups in total. The molecule has 0 aliphatic carbocycles. The van der Waals surface area contributed by atoms with Gasteiger partial charge in [0.15, 0.2) is 17.3 Å². The number of nitrogens with zero attached hydrogens (tertiary/aromatic N) is 4. The van der Waals surface area contributed by atoms with Gasteiger partial charge in [-0.2, -0.15) is 4.98 Å². The molecule has 2 heterocycles. The number of methoxy groups -OCH3 is 2. The van der Waals surface area contributed by atoms with Crippen LogP contribution in [0.4, 0.5) is 5.69 Å². The fourth-order valence-electron chi connectivity index (χ4n) is 2.65. The lowest BCUT2D eigenvalue weighted by molar-refractivity contribution is 0.00349. The van der Waals surface area contributed by atoms with Crippen LogP contribution in [0.3, 0.4) is 0 Å². The van der Waals surface area contributed by atoms with E-state index >= 15 is 0 Å². The fourth-order valence-corrected chi connectivity index (χ4v) is 2.77. The Bertz CT molecular complexity index is 771. The Morgan fingerprint density at radius 3 is 2.58 bits per heavy atom. The van der Waals surface area contributed by atoms with Crippen molar-refractivity contribution >= 4 is 17.3 Å². The van der Waals surface area contributed by atoms with Gasteiger partial charge in [-0.25, -0.2) is 9.97 Å². The van der Waals surface area contributed by atoms with E-state index in [1.165, 1.54) is 20.5 Å². The number of morpholine rings is 1. The van der Waals surface area contributed by atoms with Gasteiger partial charge in [0.1, 0.15) is 13.1 Å². The van der Waals surface area contributed by atoms with E-state index in [1.54, 1.807) is 6.07 Å². The third kappa shape index (κ3) is 3.90. The molecule has 1 aliphatic rings. The Kier molecular flexibility index (Phi) is 5.92. The minimum Gasteiger partial charge on any atom is -0.492 e. The van der Waals surface area contributed by atoms with Gasteiger partial charge in [-0.3, -0.25) is 4.90 Å². The number of ether oxygens (including phenoxy) is 4. The van der Waals surface area contributed by atoms with Crippen LogP contribution in [0.15, 0.2) is 12.4 Å². The number of halogens is 1. The Hall–Kier alpha value is -2.36. The van der Waals surface area contributed by atoms with Crippen molar-refractivity contribution < 1.29 is 18.9 Å². The van der Waals surface area contributed by atoms with Crippen LogP contribution < -0.4 is 19.9 Å². The number of nitrogens with two attached hydrogens (primary N) is 1. The molecule has 2 aromatic rings. The zero-order valence-electron chi connectivity index (χ0n) is 14.6. The third-order valence-corrected chi connectivity index (χ3v) is 4.10. The number of benzene rings is 1. The van der Waals surface area contributed by atoms with Gasteiger partial charge in [-0.05, 0) is 11.6 Å². The molecule has 0 unspecified atom stereocenters. The van der Waals surface area contributed by atoms with Crippen molar-refractivity contribution in [3.05, 3.63) is 17.7 Å². The average molecular weight is 382 g/mol. The molecule has 1 aromatic carbocycles. The maximum Gasteiger partial charge on any atom is 0.225 e. The smallest absolute Gasteiger partial charge is 0.225 e. The lowest BCUT2D eigenvalue weighted by Crippen LogP contribution is -2.38. The first-order valence-electron chi connectivity index (χ1n) is 7.96. The molecule has 3 rings (SSSR count). The quantitative estimate of drug-likeness (QED) is 0.744. The second-order valence-electron chi connectivity index (χ2n) is 5.49. The molecule has 0 spiro atoms. The zero-order chi connectivity index (χ0) is 18.5. The summed E-state index contributed by atoms with van der Waals surface area (Å²) < 4.78 is 22.3. The molecule has 140 valence electrons. The Balaban J connectivity index is 1.95. The van der Waals surface area contributed by atoms with E-state index in [4.69, 9.17) is 36.3 Å². The van der Waals surface area contributed by atoms with Crippen molar-refractivity contribution in [2.75, 3.05) is 53.0 Å². The van der Waals surface area contributed by atoms with E-state index in [9.17, 15) is 0 Å². The van der Waals surface area contributed by atoms with E-state index in [1.807, 2.05) is 0 Å². The molecule has 26 heavy (non-hydrogen) atoms. The molecule has 1 fully saturated rings. The monoisotopic (exact) mass is 381 g/mol. The van der Waals surface area contributed by atoms with Gasteiger partial charge in [0, 0.05) is 19.2 Å². The fraction of sp³-hybridized carbons (Fsp3) is 0.438. The van der Waals surface area contributed by atoms with Crippen LogP contribution in [0.25, 0.3) is 11.4 Å². The van der Waals surface area contributed by atoms with Crippen molar-refractivity contribution in [2.45, 2.75) is 0 Å². The van der Waals surface area contributed by atoms with E-state index in [0.29, 0.717) is 48.4 Å². The summed E-state index contributed by atoms with van der Waals surface area (Å²) in [5.74, 6) is 1.53. The highest BCUT2D eigenvalue weighted by Crippen LogP contribution is 2.47. The summed E-state index contributed by atoms with van der Waals surface area (Å²) in [5.41, 5.74) is 7.06. The van der Waals surface area contributed by atoms with E-state index < -0.39 is 0 Å². The third-order valence-electron chi connectivity index (χ3n) is 3.91. The summed E-state index contributed by atoms with van der Waals surface area (Å²) in [5, 5.41) is 0.0584. The van der Waals surface area contributed by atoms with Gasteiger partial charge in [0.05, 0.1) is 38.7 Å². The van der Waals surface area contributed by atoms with Crippen molar-refractivity contribution in [3.8, 4) is 28.6 Å². The number of anilines is 1. The molecule has 0 bridgehead atoms. The first-order valence-corrected chi connectivity index (χ1v) is 8.34. The summed E-state index contributed by atoms with van der Waals surface area (Å²) in [6.45, 7) is 3.36. The van der Waals surface area contributed by atoms with Crippen LogP contribution in [-0.4, -0.2) is 67.1 Å². The van der Waals surface area contributed by atoms with Crippen LogP contribution in [0.5, 0.6) is 17.2 Å². The lowest BCUT2D eigenvalue weighted by atomic mass is 10.1. The second-order valence-corrected chi connectivity index (χ2v) is 5.83. The summed E-state index contributed by atoms with van der Waals surface area (Å²) in [4.78, 5) is 14.1. The van der Waals surface area contributed by atoms with Gasteiger partial charge >= 0.3 is 0 Å². The molecule has 0 atom stereocenters. The minimum absolute atomic E-state index is 0.0584. The van der Waals surface area contributed by atoms with E-state index in [2.05, 4.69) is 19.9 Å². The molecule has 0 amide bonds. The molecule has 1 aliphatic heterocycles. The van der Waals surface area contributed by atoms with E-state index in [0.717, 1.165) is 13.1 Å². The van der Waals surface area contributed by atoms with Crippen LogP contribution in [0.1, 0.15) is 0 Å². The van der Waals surface area contributed by atoms with Crippen LogP contribution in [0, 0.1) is 0 Å². The number of hydrogen-bond donors (Lipinski definition) is 1. The van der Waals surface area contributed by atoms with Crippen LogP contribution in [0.2, 0.25) is 5.28 Å². The van der Waals surface area contributed by atoms with Gasteiger partial charge in [0.2, 0.25) is 11.0 Å². The molecule has 1 saturated heterocycles. The summed E-state index contributed by atoms with van der Waals surface area (Å²) >= 11 is 5.87. The molecular weight excluding hydrogens is 362 g/mol. The number of aromatic nitrogens is 3. The highest BCUT2D eigenvalue weighted by Gasteiger charge is 2.24. The maximum absolute atomic E-state index is 6.22. The largest absolute Gasteiger partial charge is 0.492 e. The molecule has 0 saturated carbocycles. The molecule has 10 heteroatoms. The van der Waals surface area contributed by atoms with E-state index in [-0.39, 0.29) is 11.1 Å². The molecule has 1 aromatic heterocycles. The van der Waals surface area contributed by atoms with Crippen molar-refractivity contribution in [1.29, 1.82) is 0 Å². The minimum atomic E-state index is 0.0584. The Morgan fingerprint density at radius 2 is 1.92 bits per heavy atom. The zero-order valence-corrected chi connectivity index (χ0v) is 15.3. The Morgan fingerprint density at radius 1 is 1.19 bits per heavy atom. The summed E-state index contributed by atoms with van der Waals surface area (Å²) in [6, 6.07) is 1.66. The standard InChI is InChI=1S/C16H20ClN5O4/c1-23-13-11(26-9-22-3-5-25-6-4-22)7-10(18)12(14(13)24-2)15-19-8-20-16(17)21-15/h7-8H,3-6,9,18H2,1-2H3. The second kappa shape index (κ2) is 8.35. The highest BCUT2D eigenvalue weighted by molar-refractivity contribution is 6.28. The average Bonchev–Trinajstić information content (AvgIpc) is 2.66. The molecule has 0 radical (unpaired) electrons.